The molecule has 0 aromatic heterocycles. The molecule has 2 nitrogen and oxygen atoms in total. The smallest absolute Gasteiger partial charge is 0.0332 e. The lowest BCUT2D eigenvalue weighted by Crippen LogP contribution is -2.30. The van der Waals surface area contributed by atoms with Crippen molar-refractivity contribution in [2.24, 2.45) is 5.41 Å². The van der Waals surface area contributed by atoms with Crippen molar-refractivity contribution in [3.63, 3.8) is 0 Å². The Morgan fingerprint density at radius 1 is 1.14 bits per heavy atom. The van der Waals surface area contributed by atoms with E-state index >= 15 is 0 Å². The molecule has 0 radical (unpaired) electrons. The minimum Gasteiger partial charge on any atom is -0.310 e. The quantitative estimate of drug-likeness (QED) is 0.842. The third-order valence-corrected chi connectivity index (χ3v) is 4.82. The molecule has 118 valence electrons. The number of nitrogens with one attached hydrogen (secondary N) is 1. The van der Waals surface area contributed by atoms with Crippen LogP contribution in [-0.4, -0.2) is 31.1 Å². The lowest BCUT2D eigenvalue weighted by molar-refractivity contribution is 0.249. The molecule has 1 fully saturated rings. The molecular weight excluding hydrogens is 256 g/mol. The maximum Gasteiger partial charge on any atom is 0.0332 e. The molecular formula is C19H32N2. The maximum absolute atomic E-state index is 3.64. The molecule has 1 aromatic carbocycles. The average molecular weight is 288 g/mol. The largest absolute Gasteiger partial charge is 0.310 e. The Morgan fingerprint density at radius 2 is 1.90 bits per heavy atom. The molecule has 2 rings (SSSR count). The van der Waals surface area contributed by atoms with Gasteiger partial charge < -0.3 is 10.2 Å². The van der Waals surface area contributed by atoms with Gasteiger partial charge in [0, 0.05) is 6.04 Å². The first-order chi connectivity index (χ1) is 10.1. The van der Waals surface area contributed by atoms with E-state index < -0.39 is 0 Å². The summed E-state index contributed by atoms with van der Waals surface area (Å²) < 4.78 is 0. The zero-order chi connectivity index (χ0) is 15.1. The molecule has 2 heteroatoms. The van der Waals surface area contributed by atoms with Gasteiger partial charge in [-0.1, -0.05) is 51.1 Å². The molecule has 0 spiro atoms. The zero-order valence-corrected chi connectivity index (χ0v) is 14.1. The van der Waals surface area contributed by atoms with E-state index in [9.17, 15) is 0 Å². The summed E-state index contributed by atoms with van der Waals surface area (Å²) in [6.07, 6.45) is 5.27. The van der Waals surface area contributed by atoms with Crippen molar-refractivity contribution >= 4 is 0 Å². The van der Waals surface area contributed by atoms with Gasteiger partial charge in [0.05, 0.1) is 0 Å². The van der Waals surface area contributed by atoms with Crippen LogP contribution < -0.4 is 5.32 Å². The van der Waals surface area contributed by atoms with Crippen LogP contribution in [0.1, 0.15) is 58.1 Å². The van der Waals surface area contributed by atoms with Crippen molar-refractivity contribution in [3.05, 3.63) is 35.9 Å². The number of nitrogens with zero attached hydrogens (tertiary/aromatic N) is 1. The number of likely N-dealkylation sites (tertiary alicyclic amines) is 1. The van der Waals surface area contributed by atoms with E-state index in [0.29, 0.717) is 11.5 Å². The summed E-state index contributed by atoms with van der Waals surface area (Å²) >= 11 is 0. The summed E-state index contributed by atoms with van der Waals surface area (Å²) in [6.45, 7) is 11.8. The number of benzene rings is 1. The summed E-state index contributed by atoms with van der Waals surface area (Å²) in [6, 6.07) is 11.4. The van der Waals surface area contributed by atoms with Gasteiger partial charge in [0.1, 0.15) is 0 Å². The Bertz CT molecular complexity index is 399. The van der Waals surface area contributed by atoms with Crippen LogP contribution in [0.4, 0.5) is 0 Å². The first-order valence-corrected chi connectivity index (χ1v) is 8.61. The van der Waals surface area contributed by atoms with E-state index in [1.807, 2.05) is 0 Å². The van der Waals surface area contributed by atoms with Crippen LogP contribution in [0.3, 0.4) is 0 Å². The van der Waals surface area contributed by atoms with Crippen LogP contribution in [0.2, 0.25) is 0 Å². The highest BCUT2D eigenvalue weighted by Crippen LogP contribution is 2.30. The summed E-state index contributed by atoms with van der Waals surface area (Å²) in [5, 5.41) is 3.64. The molecule has 1 aromatic rings. The van der Waals surface area contributed by atoms with Gasteiger partial charge in [-0.2, -0.15) is 0 Å². The third kappa shape index (κ3) is 5.44. The Balaban J connectivity index is 1.87. The summed E-state index contributed by atoms with van der Waals surface area (Å²) in [7, 11) is 0. The molecule has 1 atom stereocenters. The monoisotopic (exact) mass is 288 g/mol. The van der Waals surface area contributed by atoms with E-state index in [4.69, 9.17) is 0 Å². The van der Waals surface area contributed by atoms with Crippen LogP contribution in [0, 0.1) is 5.41 Å². The highest BCUT2D eigenvalue weighted by Gasteiger charge is 2.23. The molecule has 21 heavy (non-hydrogen) atoms. The second-order valence-corrected chi connectivity index (χ2v) is 7.17. The minimum atomic E-state index is 0.493. The number of rotatable bonds is 6. The van der Waals surface area contributed by atoms with E-state index in [1.165, 1.54) is 50.9 Å². The summed E-state index contributed by atoms with van der Waals surface area (Å²) in [5.41, 5.74) is 1.96. The Hall–Kier alpha value is -0.860. The fourth-order valence-corrected chi connectivity index (χ4v) is 3.33. The maximum atomic E-state index is 3.64. The predicted octanol–water partition coefficient (Wildman–Crippen LogP) is 4.24. The van der Waals surface area contributed by atoms with Gasteiger partial charge in [-0.3, -0.25) is 0 Å². The van der Waals surface area contributed by atoms with Crippen LogP contribution in [0.15, 0.2) is 30.3 Å². The van der Waals surface area contributed by atoms with Crippen molar-refractivity contribution in [3.8, 4) is 0 Å². The fraction of sp³-hybridized carbons (Fsp3) is 0.684. The number of hydrogen-bond acceptors (Lipinski definition) is 2. The zero-order valence-electron chi connectivity index (χ0n) is 14.1. The lowest BCUT2D eigenvalue weighted by Gasteiger charge is -2.25. The van der Waals surface area contributed by atoms with Crippen LogP contribution in [0.25, 0.3) is 0 Å². The van der Waals surface area contributed by atoms with Gasteiger partial charge in [-0.25, -0.2) is 0 Å². The molecule has 1 unspecified atom stereocenters. The molecule has 1 saturated heterocycles. The second kappa shape index (κ2) is 7.95. The van der Waals surface area contributed by atoms with Crippen LogP contribution >= 0.6 is 0 Å². The molecule has 1 N–H and O–H groups in total. The van der Waals surface area contributed by atoms with Gasteiger partial charge in [0.15, 0.2) is 0 Å². The average Bonchev–Trinajstić information content (AvgIpc) is 2.65. The first-order valence-electron chi connectivity index (χ1n) is 8.61. The molecule has 1 aliphatic rings. The third-order valence-electron chi connectivity index (χ3n) is 4.82. The van der Waals surface area contributed by atoms with E-state index in [1.54, 1.807) is 0 Å². The summed E-state index contributed by atoms with van der Waals surface area (Å²) in [4.78, 5) is 2.67. The molecule has 0 bridgehead atoms. The van der Waals surface area contributed by atoms with Crippen molar-refractivity contribution < 1.29 is 0 Å². The molecule has 0 amide bonds. The second-order valence-electron chi connectivity index (χ2n) is 7.17. The first kappa shape index (κ1) is 16.5. The predicted molar refractivity (Wildman–Crippen MR) is 91.5 cm³/mol. The van der Waals surface area contributed by atoms with Crippen molar-refractivity contribution in [2.45, 2.75) is 52.5 Å². The van der Waals surface area contributed by atoms with Gasteiger partial charge >= 0.3 is 0 Å². The Kier molecular flexibility index (Phi) is 6.25. The van der Waals surface area contributed by atoms with E-state index in [0.717, 1.165) is 6.54 Å². The van der Waals surface area contributed by atoms with Gasteiger partial charge in [-0.15, -0.1) is 0 Å². The highest BCUT2D eigenvalue weighted by molar-refractivity contribution is 5.18. The Morgan fingerprint density at radius 3 is 2.62 bits per heavy atom. The summed E-state index contributed by atoms with van der Waals surface area (Å²) in [5.74, 6) is 0. The highest BCUT2D eigenvalue weighted by atomic mass is 15.1. The van der Waals surface area contributed by atoms with Gasteiger partial charge in [0.2, 0.25) is 0 Å². The van der Waals surface area contributed by atoms with Gasteiger partial charge in [-0.05, 0) is 62.8 Å². The van der Waals surface area contributed by atoms with Crippen LogP contribution in [-0.2, 0) is 0 Å². The van der Waals surface area contributed by atoms with Crippen molar-refractivity contribution in [1.82, 2.24) is 10.2 Å². The normalized spacial score (nSPS) is 20.9. The lowest BCUT2D eigenvalue weighted by atomic mass is 9.85. The molecule has 0 saturated carbocycles. The van der Waals surface area contributed by atoms with Crippen molar-refractivity contribution in [1.29, 1.82) is 0 Å². The van der Waals surface area contributed by atoms with Crippen LogP contribution in [0.5, 0.6) is 0 Å². The topological polar surface area (TPSA) is 15.3 Å². The minimum absolute atomic E-state index is 0.493. The standard InChI is InChI=1S/C19H32N2/c1-4-20-18(17-9-6-5-7-10-17)11-15-21-14-8-12-19(2,3)13-16-21/h5-7,9-10,18,20H,4,8,11-16H2,1-3H3. The molecule has 1 heterocycles. The van der Waals surface area contributed by atoms with Gasteiger partial charge in [0.25, 0.3) is 0 Å². The Labute approximate surface area is 130 Å². The molecule has 0 aliphatic carbocycles. The van der Waals surface area contributed by atoms with E-state index in [2.05, 4.69) is 61.3 Å². The van der Waals surface area contributed by atoms with Crippen molar-refractivity contribution in [2.75, 3.05) is 26.2 Å². The van der Waals surface area contributed by atoms with E-state index in [-0.39, 0.29) is 0 Å². The molecule has 1 aliphatic heterocycles. The fourth-order valence-electron chi connectivity index (χ4n) is 3.33. The SMILES string of the molecule is CCNC(CCN1CCCC(C)(C)CC1)c1ccccc1. The number of hydrogen-bond donors (Lipinski definition) is 1.